The van der Waals surface area contributed by atoms with Crippen molar-refractivity contribution in [2.45, 2.75) is 43.4 Å². The molecule has 0 radical (unpaired) electrons. The lowest BCUT2D eigenvalue weighted by molar-refractivity contribution is -0.227. The molecular weight excluding hydrogens is 183 g/mol. The number of hydrogen-bond acceptors (Lipinski definition) is 4. The normalized spacial score (nSPS) is 43.9. The Bertz CT molecular complexity index is 195. The predicted molar refractivity (Wildman–Crippen MR) is 55.0 cm³/mol. The summed E-state index contributed by atoms with van der Waals surface area (Å²) >= 11 is 0. The molecule has 14 heavy (non-hydrogen) atoms. The number of aliphatic hydroxyl groups is 3. The van der Waals surface area contributed by atoms with Crippen LogP contribution in [0, 0.1) is 0 Å². The van der Waals surface area contributed by atoms with Crippen LogP contribution in [0.15, 0.2) is 0 Å². The molecule has 0 bridgehead atoms. The van der Waals surface area contributed by atoms with Crippen molar-refractivity contribution >= 4 is 7.85 Å². The van der Waals surface area contributed by atoms with Crippen molar-refractivity contribution in [3.05, 3.63) is 0 Å². The van der Waals surface area contributed by atoms with Gasteiger partial charge in [-0.25, -0.2) is 0 Å². The van der Waals surface area contributed by atoms with Crippen LogP contribution in [0.25, 0.3) is 0 Å². The van der Waals surface area contributed by atoms with Crippen LogP contribution >= 0.6 is 0 Å². The summed E-state index contributed by atoms with van der Waals surface area (Å²) in [5.41, 5.74) is -1.81. The Morgan fingerprint density at radius 3 is 2.57 bits per heavy atom. The Labute approximate surface area is 85.3 Å². The first-order valence-electron chi connectivity index (χ1n) is 5.17. The van der Waals surface area contributed by atoms with E-state index >= 15 is 0 Å². The molecule has 0 saturated carbocycles. The van der Waals surface area contributed by atoms with E-state index in [2.05, 4.69) is 0 Å². The summed E-state index contributed by atoms with van der Waals surface area (Å²) < 4.78 is 5.57. The number of aliphatic hydroxyl groups excluding tert-OH is 2. The Morgan fingerprint density at radius 1 is 1.57 bits per heavy atom. The van der Waals surface area contributed by atoms with Gasteiger partial charge in [0.25, 0.3) is 0 Å². The zero-order chi connectivity index (χ0) is 10.8. The highest BCUT2D eigenvalue weighted by Crippen LogP contribution is 2.35. The molecule has 1 rings (SSSR count). The summed E-state index contributed by atoms with van der Waals surface area (Å²) in [4.78, 5) is 0. The second kappa shape index (κ2) is 4.19. The Hall–Kier alpha value is -0.0951. The maximum absolute atomic E-state index is 9.75. The van der Waals surface area contributed by atoms with Gasteiger partial charge in [0.1, 0.15) is 13.4 Å². The molecule has 0 aromatic rings. The first kappa shape index (κ1) is 12.0. The van der Waals surface area contributed by atoms with Crippen molar-refractivity contribution in [3.63, 3.8) is 0 Å². The molecule has 1 aliphatic heterocycles. The smallest absolute Gasteiger partial charge is 0.137 e. The minimum absolute atomic E-state index is 0.00630. The molecule has 2 unspecified atom stereocenters. The van der Waals surface area contributed by atoms with Gasteiger partial charge in [-0.3, -0.25) is 0 Å². The molecule has 4 nitrogen and oxygen atoms in total. The zero-order valence-electron chi connectivity index (χ0n) is 8.86. The maximum atomic E-state index is 9.75. The highest BCUT2D eigenvalue weighted by atomic mass is 16.5. The lowest BCUT2D eigenvalue weighted by Crippen LogP contribution is -2.59. The van der Waals surface area contributed by atoms with Crippen LogP contribution in [0.4, 0.5) is 0 Å². The van der Waals surface area contributed by atoms with Crippen LogP contribution in [-0.4, -0.2) is 53.7 Å². The fraction of sp³-hybridized carbons (Fsp3) is 1.00. The average molecular weight is 202 g/mol. The van der Waals surface area contributed by atoms with Gasteiger partial charge in [-0.15, -0.1) is 0 Å². The highest BCUT2D eigenvalue weighted by Gasteiger charge is 2.47. The SMILES string of the molecule is BC[C@@]1(CC)CC(O)C(O)(CO)CO1. The van der Waals surface area contributed by atoms with Gasteiger partial charge in [-0.1, -0.05) is 13.2 Å². The van der Waals surface area contributed by atoms with Gasteiger partial charge in [0.15, 0.2) is 0 Å². The molecule has 3 atom stereocenters. The second-order valence-corrected chi connectivity index (χ2v) is 4.16. The fourth-order valence-corrected chi connectivity index (χ4v) is 1.87. The second-order valence-electron chi connectivity index (χ2n) is 4.16. The molecule has 0 amide bonds. The third kappa shape index (κ3) is 1.96. The van der Waals surface area contributed by atoms with Crippen molar-refractivity contribution in [2.24, 2.45) is 0 Å². The van der Waals surface area contributed by atoms with Gasteiger partial charge in [0, 0.05) is 6.42 Å². The van der Waals surface area contributed by atoms with Gasteiger partial charge in [0.2, 0.25) is 0 Å². The van der Waals surface area contributed by atoms with E-state index in [0.717, 1.165) is 12.7 Å². The molecular formula is C9H19BO4. The van der Waals surface area contributed by atoms with Crippen LogP contribution in [0.3, 0.4) is 0 Å². The summed E-state index contributed by atoms with van der Waals surface area (Å²) in [7, 11) is 2.00. The van der Waals surface area contributed by atoms with Gasteiger partial charge in [-0.2, -0.15) is 0 Å². The number of ether oxygens (including phenoxy) is 1. The van der Waals surface area contributed by atoms with Crippen molar-refractivity contribution in [3.8, 4) is 0 Å². The largest absolute Gasteiger partial charge is 0.393 e. The molecule has 1 fully saturated rings. The first-order valence-corrected chi connectivity index (χ1v) is 5.17. The Morgan fingerprint density at radius 2 is 2.21 bits per heavy atom. The van der Waals surface area contributed by atoms with E-state index in [0.29, 0.717) is 6.42 Å². The minimum atomic E-state index is -1.48. The lowest BCUT2D eigenvalue weighted by Gasteiger charge is -2.46. The standard InChI is InChI=1S/C9H19BO4/c1-2-8(4-10)3-7(12)9(13,5-11)6-14-8/h7,11-13H,2-6,10H2,1H3/t7?,8-,9?/m1/s1. The molecule has 1 saturated heterocycles. The van der Waals surface area contributed by atoms with E-state index in [1.165, 1.54) is 0 Å². The van der Waals surface area contributed by atoms with Crippen molar-refractivity contribution in [1.29, 1.82) is 0 Å². The summed E-state index contributed by atoms with van der Waals surface area (Å²) in [6, 6.07) is 0. The van der Waals surface area contributed by atoms with Crippen LogP contribution < -0.4 is 0 Å². The molecule has 0 aromatic heterocycles. The van der Waals surface area contributed by atoms with E-state index in [1.807, 2.05) is 14.8 Å². The molecule has 5 heteroatoms. The van der Waals surface area contributed by atoms with Gasteiger partial charge in [0.05, 0.1) is 24.9 Å². The first-order chi connectivity index (χ1) is 6.52. The molecule has 1 heterocycles. The summed E-state index contributed by atoms with van der Waals surface area (Å²) in [6.45, 7) is 1.55. The molecule has 3 N–H and O–H groups in total. The number of hydrogen-bond donors (Lipinski definition) is 3. The Kier molecular flexibility index (Phi) is 3.58. The summed E-state index contributed by atoms with van der Waals surface area (Å²) in [6.07, 6.45) is 1.10. The van der Waals surface area contributed by atoms with E-state index in [9.17, 15) is 10.2 Å². The van der Waals surface area contributed by atoms with Gasteiger partial charge in [-0.05, 0) is 6.42 Å². The Balaban J connectivity index is 2.71. The third-order valence-electron chi connectivity index (χ3n) is 3.38. The molecule has 82 valence electrons. The minimum Gasteiger partial charge on any atom is -0.393 e. The van der Waals surface area contributed by atoms with Crippen LogP contribution in [0.1, 0.15) is 19.8 Å². The molecule has 1 aliphatic rings. The molecule has 0 spiro atoms. The lowest BCUT2D eigenvalue weighted by atomic mass is 9.75. The zero-order valence-corrected chi connectivity index (χ0v) is 8.86. The van der Waals surface area contributed by atoms with Gasteiger partial charge < -0.3 is 20.1 Å². The summed E-state index contributed by atoms with van der Waals surface area (Å²) in [5, 5.41) is 28.4. The average Bonchev–Trinajstić information content (AvgIpc) is 2.22. The van der Waals surface area contributed by atoms with Crippen LogP contribution in [0.5, 0.6) is 0 Å². The van der Waals surface area contributed by atoms with Crippen LogP contribution in [-0.2, 0) is 4.74 Å². The van der Waals surface area contributed by atoms with Crippen LogP contribution in [0.2, 0.25) is 6.32 Å². The quantitative estimate of drug-likeness (QED) is 0.497. The fourth-order valence-electron chi connectivity index (χ4n) is 1.87. The van der Waals surface area contributed by atoms with Gasteiger partial charge >= 0.3 is 0 Å². The number of rotatable bonds is 3. The van der Waals surface area contributed by atoms with E-state index in [-0.39, 0.29) is 12.2 Å². The third-order valence-corrected chi connectivity index (χ3v) is 3.38. The summed E-state index contributed by atoms with van der Waals surface area (Å²) in [5.74, 6) is 0. The molecule has 0 aliphatic carbocycles. The van der Waals surface area contributed by atoms with Crippen molar-refractivity contribution in [2.75, 3.05) is 13.2 Å². The topological polar surface area (TPSA) is 69.9 Å². The van der Waals surface area contributed by atoms with E-state index in [4.69, 9.17) is 9.84 Å². The van der Waals surface area contributed by atoms with Crippen molar-refractivity contribution in [1.82, 2.24) is 0 Å². The monoisotopic (exact) mass is 202 g/mol. The molecule has 0 aromatic carbocycles. The van der Waals surface area contributed by atoms with E-state index in [1.54, 1.807) is 0 Å². The highest BCUT2D eigenvalue weighted by molar-refractivity contribution is 6.09. The maximum Gasteiger partial charge on any atom is 0.137 e. The predicted octanol–water partition coefficient (Wildman–Crippen LogP) is -1.31. The van der Waals surface area contributed by atoms with Crippen molar-refractivity contribution < 1.29 is 20.1 Å². The van der Waals surface area contributed by atoms with E-state index < -0.39 is 18.3 Å².